The van der Waals surface area contributed by atoms with Crippen LogP contribution >= 0.6 is 11.8 Å². The van der Waals surface area contributed by atoms with Gasteiger partial charge in [0.25, 0.3) is 5.95 Å². The lowest BCUT2D eigenvalue weighted by atomic mass is 10.1. The van der Waals surface area contributed by atoms with Gasteiger partial charge >= 0.3 is 0 Å². The molecular formula is C21H25N7O2S. The molecule has 0 aliphatic heterocycles. The number of anilines is 2. The van der Waals surface area contributed by atoms with E-state index in [1.54, 1.807) is 12.1 Å². The number of aromatic nitrogens is 3. The molecular weight excluding hydrogens is 414 g/mol. The molecule has 0 aliphatic carbocycles. The molecule has 0 saturated heterocycles. The molecule has 0 unspecified atom stereocenters. The van der Waals surface area contributed by atoms with E-state index in [1.165, 1.54) is 16.4 Å². The van der Waals surface area contributed by atoms with Crippen molar-refractivity contribution in [3.05, 3.63) is 60.2 Å². The molecule has 0 fully saturated rings. The highest BCUT2D eigenvalue weighted by molar-refractivity contribution is 7.99. The maximum Gasteiger partial charge on any atom is 0.264 e. The zero-order chi connectivity index (χ0) is 22.1. The van der Waals surface area contributed by atoms with Gasteiger partial charge in [-0.25, -0.2) is 10.1 Å². The van der Waals surface area contributed by atoms with Gasteiger partial charge in [0.15, 0.2) is 0 Å². The lowest BCUT2D eigenvalue weighted by Gasteiger charge is -2.11. The minimum Gasteiger partial charge on any atom is -0.492 e. The number of hydrogen-bond acceptors (Lipinski definition) is 8. The summed E-state index contributed by atoms with van der Waals surface area (Å²) in [6.45, 7) is 4.42. The number of nitrogens with zero attached hydrogens (tertiary/aromatic N) is 4. The van der Waals surface area contributed by atoms with Crippen LogP contribution in [0.4, 0.5) is 11.6 Å². The first-order chi connectivity index (χ1) is 15.1. The van der Waals surface area contributed by atoms with Crippen molar-refractivity contribution in [2.24, 2.45) is 5.10 Å². The summed E-state index contributed by atoms with van der Waals surface area (Å²) in [5, 5.41) is 15.7. The number of nitrogens with two attached hydrogens (primary N) is 1. The van der Waals surface area contributed by atoms with E-state index in [-0.39, 0.29) is 17.6 Å². The van der Waals surface area contributed by atoms with Crippen molar-refractivity contribution in [3.8, 4) is 5.75 Å². The molecule has 0 spiro atoms. The highest BCUT2D eigenvalue weighted by Gasteiger charge is 2.13. The predicted octanol–water partition coefficient (Wildman–Crippen LogP) is 3.35. The summed E-state index contributed by atoms with van der Waals surface area (Å²) >= 11 is 1.17. The Hall–Kier alpha value is -3.53. The Labute approximate surface area is 185 Å². The number of rotatable bonds is 10. The Morgan fingerprint density at radius 3 is 2.61 bits per heavy atom. The number of benzene rings is 2. The van der Waals surface area contributed by atoms with Gasteiger partial charge in [0, 0.05) is 0 Å². The summed E-state index contributed by atoms with van der Waals surface area (Å²) in [5.41, 5.74) is 5.35. The second-order valence-electron chi connectivity index (χ2n) is 6.33. The third-order valence-electron chi connectivity index (χ3n) is 4.19. The SMILES string of the molecule is CCOc1ccccc1NC(=O)CSc1nnc(N/N=C(\CC)c2ccccc2)n1N. The van der Waals surface area contributed by atoms with Crippen LogP contribution in [-0.2, 0) is 4.79 Å². The molecule has 0 aliphatic rings. The summed E-state index contributed by atoms with van der Waals surface area (Å²) in [4.78, 5) is 12.3. The van der Waals surface area contributed by atoms with Crippen molar-refractivity contribution in [3.63, 3.8) is 0 Å². The minimum atomic E-state index is -0.204. The number of hydrogen-bond donors (Lipinski definition) is 3. The summed E-state index contributed by atoms with van der Waals surface area (Å²) in [5.74, 6) is 6.88. The largest absolute Gasteiger partial charge is 0.492 e. The molecule has 0 saturated carbocycles. The zero-order valence-electron chi connectivity index (χ0n) is 17.4. The molecule has 1 aromatic heterocycles. The zero-order valence-corrected chi connectivity index (χ0v) is 18.2. The monoisotopic (exact) mass is 439 g/mol. The summed E-state index contributed by atoms with van der Waals surface area (Å²) in [6.07, 6.45) is 0.737. The van der Waals surface area contributed by atoms with Gasteiger partial charge in [-0.3, -0.25) is 4.79 Å². The minimum absolute atomic E-state index is 0.114. The second-order valence-corrected chi connectivity index (χ2v) is 7.27. The summed E-state index contributed by atoms with van der Waals surface area (Å²) < 4.78 is 6.79. The number of nitrogen functional groups attached to an aromatic ring is 1. The first kappa shape index (κ1) is 22.2. The second kappa shape index (κ2) is 11.0. The van der Waals surface area contributed by atoms with E-state index < -0.39 is 0 Å². The van der Waals surface area contributed by atoms with Crippen molar-refractivity contribution < 1.29 is 9.53 Å². The topological polar surface area (TPSA) is 119 Å². The average molecular weight is 440 g/mol. The number of para-hydroxylation sites is 2. The van der Waals surface area contributed by atoms with Crippen molar-refractivity contribution in [1.29, 1.82) is 0 Å². The Balaban J connectivity index is 1.59. The molecule has 0 radical (unpaired) electrons. The quantitative estimate of drug-likeness (QED) is 0.192. The first-order valence-electron chi connectivity index (χ1n) is 9.85. The van der Waals surface area contributed by atoms with Gasteiger partial charge in [0.2, 0.25) is 11.1 Å². The fourth-order valence-corrected chi connectivity index (χ4v) is 3.37. The predicted molar refractivity (Wildman–Crippen MR) is 124 cm³/mol. The number of hydrazone groups is 1. The molecule has 1 heterocycles. The van der Waals surface area contributed by atoms with Crippen LogP contribution in [0.1, 0.15) is 25.8 Å². The van der Waals surface area contributed by atoms with Gasteiger partial charge in [-0.1, -0.05) is 61.2 Å². The number of ether oxygens (including phenoxy) is 1. The molecule has 31 heavy (non-hydrogen) atoms. The van der Waals surface area contributed by atoms with Crippen LogP contribution in [0.5, 0.6) is 5.75 Å². The summed E-state index contributed by atoms with van der Waals surface area (Å²) in [7, 11) is 0. The van der Waals surface area contributed by atoms with E-state index in [1.807, 2.05) is 56.3 Å². The lowest BCUT2D eigenvalue weighted by molar-refractivity contribution is -0.113. The van der Waals surface area contributed by atoms with Crippen LogP contribution < -0.4 is 21.3 Å². The van der Waals surface area contributed by atoms with E-state index in [4.69, 9.17) is 10.6 Å². The highest BCUT2D eigenvalue weighted by atomic mass is 32.2. The molecule has 1 amide bonds. The normalized spacial score (nSPS) is 11.2. The van der Waals surface area contributed by atoms with Crippen LogP contribution in [0, 0.1) is 0 Å². The Bertz CT molecular complexity index is 1040. The molecule has 3 rings (SSSR count). The average Bonchev–Trinajstić information content (AvgIpc) is 3.14. The van der Waals surface area contributed by atoms with Crippen molar-refractivity contribution >= 4 is 35.0 Å². The molecule has 162 valence electrons. The number of nitrogens with one attached hydrogen (secondary N) is 2. The Morgan fingerprint density at radius 1 is 1.13 bits per heavy atom. The molecule has 4 N–H and O–H groups in total. The third-order valence-corrected chi connectivity index (χ3v) is 5.13. The molecule has 0 bridgehead atoms. The van der Waals surface area contributed by atoms with Crippen LogP contribution in [-0.4, -0.2) is 38.9 Å². The number of thioether (sulfide) groups is 1. The van der Waals surface area contributed by atoms with Gasteiger partial charge < -0.3 is 15.9 Å². The maximum absolute atomic E-state index is 12.3. The molecule has 10 heteroatoms. The fourth-order valence-electron chi connectivity index (χ4n) is 2.72. The van der Waals surface area contributed by atoms with Crippen LogP contribution in [0.2, 0.25) is 0 Å². The number of carbonyl (C=O) groups excluding carboxylic acids is 1. The molecule has 9 nitrogen and oxygen atoms in total. The van der Waals surface area contributed by atoms with Gasteiger partial charge in [-0.15, -0.1) is 10.2 Å². The Morgan fingerprint density at radius 2 is 1.87 bits per heavy atom. The van der Waals surface area contributed by atoms with E-state index in [0.717, 1.165) is 17.7 Å². The van der Waals surface area contributed by atoms with Gasteiger partial charge in [0.05, 0.1) is 23.8 Å². The van der Waals surface area contributed by atoms with Crippen molar-refractivity contribution in [2.75, 3.05) is 28.9 Å². The van der Waals surface area contributed by atoms with Gasteiger partial charge in [0.1, 0.15) is 5.75 Å². The van der Waals surface area contributed by atoms with E-state index in [0.29, 0.717) is 23.2 Å². The number of carbonyl (C=O) groups is 1. The summed E-state index contributed by atoms with van der Waals surface area (Å²) in [6, 6.07) is 17.1. The van der Waals surface area contributed by atoms with E-state index >= 15 is 0 Å². The van der Waals surface area contributed by atoms with Crippen LogP contribution in [0.3, 0.4) is 0 Å². The highest BCUT2D eigenvalue weighted by Crippen LogP contribution is 2.24. The van der Waals surface area contributed by atoms with E-state index in [2.05, 4.69) is 26.0 Å². The first-order valence-corrected chi connectivity index (χ1v) is 10.8. The third kappa shape index (κ3) is 5.98. The van der Waals surface area contributed by atoms with E-state index in [9.17, 15) is 4.79 Å². The van der Waals surface area contributed by atoms with Crippen LogP contribution in [0.15, 0.2) is 64.9 Å². The smallest absolute Gasteiger partial charge is 0.264 e. The molecule has 3 aromatic rings. The standard InChI is InChI=1S/C21H25N7O2S/c1-3-16(15-10-6-5-7-11-15)24-25-20-26-27-21(28(20)22)31-14-19(29)23-17-12-8-9-13-18(17)30-4-2/h5-13H,3-4,14,22H2,1-2H3,(H,23,29)(H,25,26)/b24-16+. The lowest BCUT2D eigenvalue weighted by Crippen LogP contribution is -2.17. The Kier molecular flexibility index (Phi) is 7.88. The van der Waals surface area contributed by atoms with Gasteiger partial charge in [-0.05, 0) is 31.0 Å². The fraction of sp³-hybridized carbons (Fsp3) is 0.238. The van der Waals surface area contributed by atoms with Crippen LogP contribution in [0.25, 0.3) is 0 Å². The molecule has 0 atom stereocenters. The van der Waals surface area contributed by atoms with Crippen molar-refractivity contribution in [2.45, 2.75) is 25.4 Å². The maximum atomic E-state index is 12.3. The van der Waals surface area contributed by atoms with Gasteiger partial charge in [-0.2, -0.15) is 5.10 Å². The molecule has 2 aromatic carbocycles. The van der Waals surface area contributed by atoms with Crippen molar-refractivity contribution in [1.82, 2.24) is 14.9 Å². The number of amides is 1.